The van der Waals surface area contributed by atoms with Gasteiger partial charge in [0.15, 0.2) is 9.84 Å². The number of aromatic nitrogens is 2. The van der Waals surface area contributed by atoms with E-state index in [1.807, 2.05) is 0 Å². The van der Waals surface area contributed by atoms with Crippen molar-refractivity contribution in [2.75, 3.05) is 6.26 Å². The average Bonchev–Trinajstić information content (AvgIpc) is 2.38. The Hall–Kier alpha value is -2.06. The molecule has 0 saturated heterocycles. The number of sulfone groups is 1. The first kappa shape index (κ1) is 14.4. The quantitative estimate of drug-likeness (QED) is 0.851. The summed E-state index contributed by atoms with van der Waals surface area (Å²) in [4.78, 5) is 8.20. The van der Waals surface area contributed by atoms with Crippen LogP contribution in [0.1, 0.15) is 5.69 Å². The van der Waals surface area contributed by atoms with Gasteiger partial charge in [0.05, 0.1) is 4.90 Å². The summed E-state index contributed by atoms with van der Waals surface area (Å²) in [5.74, 6) is 0.313. The summed E-state index contributed by atoms with van der Waals surface area (Å²) in [6, 6.07) is 7.65. The zero-order chi connectivity index (χ0) is 14.8. The minimum atomic E-state index is -3.30. The summed E-state index contributed by atoms with van der Waals surface area (Å²) in [6.45, 7) is 0. The van der Waals surface area contributed by atoms with Gasteiger partial charge in [-0.2, -0.15) is 4.98 Å². The molecule has 0 unspecified atom stereocenters. The zero-order valence-corrected chi connectivity index (χ0v) is 12.1. The normalized spacial score (nSPS) is 11.1. The Morgan fingerprint density at radius 3 is 2.75 bits per heavy atom. The Bertz CT molecular complexity index is 760. The van der Waals surface area contributed by atoms with Crippen LogP contribution in [-0.2, 0) is 9.84 Å². The Morgan fingerprint density at radius 1 is 1.35 bits per heavy atom. The molecule has 6 nitrogen and oxygen atoms in total. The molecule has 2 aromatic rings. The molecule has 0 spiro atoms. The minimum absolute atomic E-state index is 0.0425. The van der Waals surface area contributed by atoms with Gasteiger partial charge in [-0.15, -0.1) is 0 Å². The number of ether oxygens (including phenoxy) is 1. The van der Waals surface area contributed by atoms with Crippen LogP contribution in [0.25, 0.3) is 0 Å². The van der Waals surface area contributed by atoms with Crippen LogP contribution in [0.4, 0.5) is 0 Å². The molecule has 0 amide bonds. The van der Waals surface area contributed by atoms with Crippen molar-refractivity contribution in [1.29, 1.82) is 0 Å². The largest absolute Gasteiger partial charge is 0.424 e. The van der Waals surface area contributed by atoms with Gasteiger partial charge < -0.3 is 10.5 Å². The highest BCUT2D eigenvalue weighted by atomic mass is 32.2. The summed E-state index contributed by atoms with van der Waals surface area (Å²) < 4.78 is 28.3. The van der Waals surface area contributed by atoms with E-state index in [9.17, 15) is 8.42 Å². The van der Waals surface area contributed by atoms with E-state index in [4.69, 9.17) is 22.7 Å². The summed E-state index contributed by atoms with van der Waals surface area (Å²) in [5.41, 5.74) is 5.84. The van der Waals surface area contributed by atoms with Crippen molar-refractivity contribution in [1.82, 2.24) is 9.97 Å². The minimum Gasteiger partial charge on any atom is -0.424 e. The molecule has 8 heteroatoms. The third-order valence-corrected chi connectivity index (χ3v) is 3.65. The summed E-state index contributed by atoms with van der Waals surface area (Å²) in [5, 5.41) is 0. The Labute approximate surface area is 121 Å². The molecule has 0 saturated carbocycles. The van der Waals surface area contributed by atoms with Crippen molar-refractivity contribution in [3.63, 3.8) is 0 Å². The first-order valence-corrected chi connectivity index (χ1v) is 7.77. The molecule has 1 aromatic carbocycles. The fraction of sp³-hybridized carbons (Fsp3) is 0.0833. The first-order valence-electron chi connectivity index (χ1n) is 5.47. The molecule has 0 bridgehead atoms. The zero-order valence-electron chi connectivity index (χ0n) is 10.5. The lowest BCUT2D eigenvalue weighted by Crippen LogP contribution is -2.12. The lowest BCUT2D eigenvalue weighted by molar-refractivity contribution is 0.440. The Balaban J connectivity index is 2.31. The molecule has 0 fully saturated rings. The highest BCUT2D eigenvalue weighted by molar-refractivity contribution is 7.90. The molecular weight excluding hydrogens is 298 g/mol. The number of nitrogens with two attached hydrogens (primary N) is 1. The number of hydrogen-bond acceptors (Lipinski definition) is 6. The second-order valence-corrected chi connectivity index (χ2v) is 6.39. The number of hydrogen-bond donors (Lipinski definition) is 1. The number of thiocarbonyl (C=S) groups is 1. The van der Waals surface area contributed by atoms with Crippen LogP contribution in [0.3, 0.4) is 0 Å². The lowest BCUT2D eigenvalue weighted by atomic mass is 10.3. The molecule has 1 heterocycles. The van der Waals surface area contributed by atoms with E-state index in [1.165, 1.54) is 18.3 Å². The van der Waals surface area contributed by atoms with Crippen LogP contribution in [0.5, 0.6) is 11.8 Å². The number of benzene rings is 1. The van der Waals surface area contributed by atoms with E-state index in [1.54, 1.807) is 18.2 Å². The van der Waals surface area contributed by atoms with E-state index in [2.05, 4.69) is 9.97 Å². The van der Waals surface area contributed by atoms with Gasteiger partial charge in [0.25, 0.3) is 0 Å². The topological polar surface area (TPSA) is 95.2 Å². The van der Waals surface area contributed by atoms with Gasteiger partial charge in [-0.1, -0.05) is 18.3 Å². The molecule has 104 valence electrons. The van der Waals surface area contributed by atoms with Crippen LogP contribution < -0.4 is 10.5 Å². The average molecular weight is 309 g/mol. The first-order chi connectivity index (χ1) is 9.36. The maximum atomic E-state index is 11.5. The van der Waals surface area contributed by atoms with Crippen molar-refractivity contribution < 1.29 is 13.2 Å². The van der Waals surface area contributed by atoms with E-state index >= 15 is 0 Å². The van der Waals surface area contributed by atoms with Crippen molar-refractivity contribution >= 4 is 27.0 Å². The third-order valence-electron chi connectivity index (χ3n) is 2.33. The van der Waals surface area contributed by atoms with Crippen molar-refractivity contribution in [2.24, 2.45) is 5.73 Å². The molecule has 20 heavy (non-hydrogen) atoms. The van der Waals surface area contributed by atoms with Crippen LogP contribution in [0, 0.1) is 0 Å². The van der Waals surface area contributed by atoms with Crippen molar-refractivity contribution in [3.8, 4) is 11.8 Å². The standard InChI is InChI=1S/C12H11N3O3S2/c1-20(16,17)9-4-2-3-8(7-9)18-12-14-6-5-10(15-12)11(13)19/h2-7H,1H3,(H2,13,19). The molecule has 0 aliphatic rings. The second kappa shape index (κ2) is 5.51. The third kappa shape index (κ3) is 3.49. The fourth-order valence-electron chi connectivity index (χ4n) is 1.40. The van der Waals surface area contributed by atoms with Gasteiger partial charge in [-0.25, -0.2) is 13.4 Å². The van der Waals surface area contributed by atoms with Crippen LogP contribution in [-0.4, -0.2) is 29.6 Å². The SMILES string of the molecule is CS(=O)(=O)c1cccc(Oc2nccc(C(N)=S)n2)c1. The summed E-state index contributed by atoms with van der Waals surface area (Å²) in [6.07, 6.45) is 2.58. The van der Waals surface area contributed by atoms with Crippen LogP contribution >= 0.6 is 12.2 Å². The van der Waals surface area contributed by atoms with Crippen molar-refractivity contribution in [2.45, 2.75) is 4.90 Å². The van der Waals surface area contributed by atoms with Gasteiger partial charge in [0.2, 0.25) is 0 Å². The summed E-state index contributed by atoms with van der Waals surface area (Å²) in [7, 11) is -3.30. The van der Waals surface area contributed by atoms with E-state index in [-0.39, 0.29) is 15.9 Å². The van der Waals surface area contributed by atoms with Gasteiger partial charge in [-0.05, 0) is 24.3 Å². The smallest absolute Gasteiger partial charge is 0.322 e. The van der Waals surface area contributed by atoms with Crippen molar-refractivity contribution in [3.05, 3.63) is 42.2 Å². The van der Waals surface area contributed by atoms with E-state index < -0.39 is 9.84 Å². The molecule has 2 N–H and O–H groups in total. The monoisotopic (exact) mass is 309 g/mol. The second-order valence-electron chi connectivity index (χ2n) is 3.94. The fourth-order valence-corrected chi connectivity index (χ4v) is 2.17. The molecule has 0 atom stereocenters. The van der Waals surface area contributed by atoms with Gasteiger partial charge in [-0.3, -0.25) is 0 Å². The number of rotatable bonds is 4. The predicted molar refractivity (Wildman–Crippen MR) is 77.5 cm³/mol. The highest BCUT2D eigenvalue weighted by Gasteiger charge is 2.09. The maximum absolute atomic E-state index is 11.5. The molecule has 2 rings (SSSR count). The lowest BCUT2D eigenvalue weighted by Gasteiger charge is -2.06. The molecular formula is C12H11N3O3S2. The number of nitrogens with zero attached hydrogens (tertiary/aromatic N) is 2. The Kier molecular flexibility index (Phi) is 3.96. The molecule has 1 aromatic heterocycles. The molecule has 0 aliphatic carbocycles. The van der Waals surface area contributed by atoms with Crippen LogP contribution in [0.2, 0.25) is 0 Å². The Morgan fingerprint density at radius 2 is 2.10 bits per heavy atom. The van der Waals surface area contributed by atoms with E-state index in [0.717, 1.165) is 6.26 Å². The van der Waals surface area contributed by atoms with Gasteiger partial charge >= 0.3 is 6.01 Å². The van der Waals surface area contributed by atoms with Crippen LogP contribution in [0.15, 0.2) is 41.4 Å². The molecule has 0 radical (unpaired) electrons. The van der Waals surface area contributed by atoms with Gasteiger partial charge in [0, 0.05) is 12.5 Å². The van der Waals surface area contributed by atoms with Gasteiger partial charge in [0.1, 0.15) is 16.4 Å². The maximum Gasteiger partial charge on any atom is 0.322 e. The highest BCUT2D eigenvalue weighted by Crippen LogP contribution is 2.21. The van der Waals surface area contributed by atoms with E-state index in [0.29, 0.717) is 11.4 Å². The predicted octanol–water partition coefficient (Wildman–Crippen LogP) is 1.31. The summed E-state index contributed by atoms with van der Waals surface area (Å²) >= 11 is 4.81. The molecule has 0 aliphatic heterocycles.